The van der Waals surface area contributed by atoms with Gasteiger partial charge in [-0.25, -0.2) is 0 Å². The quantitative estimate of drug-likeness (QED) is 0.811. The highest BCUT2D eigenvalue weighted by Crippen LogP contribution is 2.03. The van der Waals surface area contributed by atoms with E-state index in [2.05, 4.69) is 15.5 Å². The van der Waals surface area contributed by atoms with Gasteiger partial charge >= 0.3 is 0 Å². The third-order valence-electron chi connectivity index (χ3n) is 2.57. The number of carbonyl (C=O) groups excluding carboxylic acids is 1. The lowest BCUT2D eigenvalue weighted by atomic mass is 10.4. The average molecular weight is 282 g/mol. The Hall–Kier alpha value is -1.82. The van der Waals surface area contributed by atoms with Crippen LogP contribution in [0.3, 0.4) is 0 Å². The molecular formula is C12H16ClN5O. The summed E-state index contributed by atoms with van der Waals surface area (Å²) in [6, 6.07) is 1.96. The maximum absolute atomic E-state index is 11.6. The van der Waals surface area contributed by atoms with Gasteiger partial charge in [0.1, 0.15) is 6.54 Å². The maximum atomic E-state index is 11.6. The fraction of sp³-hybridized carbons (Fsp3) is 0.417. The molecule has 6 nitrogen and oxygen atoms in total. The van der Waals surface area contributed by atoms with Crippen molar-refractivity contribution < 1.29 is 4.79 Å². The van der Waals surface area contributed by atoms with Crippen molar-refractivity contribution in [2.75, 3.05) is 6.54 Å². The number of aromatic nitrogens is 4. The Bertz CT molecular complexity index is 548. The number of hydrogen-bond donors (Lipinski definition) is 1. The van der Waals surface area contributed by atoms with E-state index in [0.717, 1.165) is 18.7 Å². The molecule has 1 N–H and O–H groups in total. The van der Waals surface area contributed by atoms with Crippen molar-refractivity contribution in [2.45, 2.75) is 26.4 Å². The van der Waals surface area contributed by atoms with Gasteiger partial charge in [-0.05, 0) is 19.4 Å². The summed E-state index contributed by atoms with van der Waals surface area (Å²) < 4.78 is 3.38. The van der Waals surface area contributed by atoms with Crippen molar-refractivity contribution in [3.63, 3.8) is 0 Å². The van der Waals surface area contributed by atoms with Crippen molar-refractivity contribution in [3.05, 3.63) is 35.4 Å². The van der Waals surface area contributed by atoms with Crippen LogP contribution in [0.1, 0.15) is 12.1 Å². The van der Waals surface area contributed by atoms with Crippen LogP contribution in [0.5, 0.6) is 0 Å². The highest BCUT2D eigenvalue weighted by molar-refractivity contribution is 6.30. The number of nitrogens with zero attached hydrogens (tertiary/aromatic N) is 4. The fourth-order valence-corrected chi connectivity index (χ4v) is 1.84. The van der Waals surface area contributed by atoms with Crippen LogP contribution in [0.4, 0.5) is 0 Å². The summed E-state index contributed by atoms with van der Waals surface area (Å²) in [7, 11) is 0. The summed E-state index contributed by atoms with van der Waals surface area (Å²) in [6.07, 6.45) is 5.90. The van der Waals surface area contributed by atoms with Gasteiger partial charge < -0.3 is 5.32 Å². The van der Waals surface area contributed by atoms with Crippen LogP contribution >= 0.6 is 11.6 Å². The molecule has 0 aliphatic heterocycles. The Labute approximate surface area is 116 Å². The number of aryl methyl sites for hydroxylation is 2. The van der Waals surface area contributed by atoms with Gasteiger partial charge in [-0.15, -0.1) is 0 Å². The zero-order valence-corrected chi connectivity index (χ0v) is 11.5. The van der Waals surface area contributed by atoms with Crippen LogP contribution in [-0.4, -0.2) is 32.0 Å². The minimum atomic E-state index is -0.0728. The topological polar surface area (TPSA) is 64.7 Å². The molecule has 102 valence electrons. The molecule has 19 heavy (non-hydrogen) atoms. The molecule has 0 radical (unpaired) electrons. The number of hydrogen-bond acceptors (Lipinski definition) is 3. The first-order valence-corrected chi connectivity index (χ1v) is 6.46. The van der Waals surface area contributed by atoms with E-state index in [1.165, 1.54) is 10.9 Å². The zero-order valence-electron chi connectivity index (χ0n) is 10.7. The Morgan fingerprint density at radius 2 is 2.32 bits per heavy atom. The van der Waals surface area contributed by atoms with Crippen LogP contribution in [0.15, 0.2) is 24.7 Å². The van der Waals surface area contributed by atoms with Gasteiger partial charge in [0.05, 0.1) is 16.9 Å². The van der Waals surface area contributed by atoms with Crippen LogP contribution in [0.25, 0.3) is 0 Å². The van der Waals surface area contributed by atoms with E-state index < -0.39 is 0 Å². The molecule has 0 saturated heterocycles. The first-order chi connectivity index (χ1) is 9.13. The third kappa shape index (κ3) is 4.40. The van der Waals surface area contributed by atoms with E-state index in [1.807, 2.05) is 23.9 Å². The van der Waals surface area contributed by atoms with Gasteiger partial charge in [-0.1, -0.05) is 11.6 Å². The van der Waals surface area contributed by atoms with E-state index in [-0.39, 0.29) is 12.5 Å². The predicted molar refractivity (Wildman–Crippen MR) is 71.8 cm³/mol. The first kappa shape index (κ1) is 13.6. The van der Waals surface area contributed by atoms with Crippen LogP contribution < -0.4 is 5.32 Å². The second-order valence-corrected chi connectivity index (χ2v) is 4.72. The smallest absolute Gasteiger partial charge is 0.241 e. The summed E-state index contributed by atoms with van der Waals surface area (Å²) in [5.74, 6) is -0.0728. The third-order valence-corrected chi connectivity index (χ3v) is 2.76. The zero-order chi connectivity index (χ0) is 13.7. The average Bonchev–Trinajstić information content (AvgIpc) is 2.94. The molecule has 0 bridgehead atoms. The van der Waals surface area contributed by atoms with Gasteiger partial charge in [0, 0.05) is 25.5 Å². The molecule has 1 amide bonds. The number of carbonyl (C=O) groups is 1. The lowest BCUT2D eigenvalue weighted by Gasteiger charge is -2.05. The molecule has 2 rings (SSSR count). The second kappa shape index (κ2) is 6.38. The minimum Gasteiger partial charge on any atom is -0.354 e. The molecule has 0 aliphatic carbocycles. The Kier molecular flexibility index (Phi) is 4.57. The molecule has 0 unspecified atom stereocenters. The summed E-state index contributed by atoms with van der Waals surface area (Å²) >= 11 is 5.72. The highest BCUT2D eigenvalue weighted by atomic mass is 35.5. The molecule has 0 aliphatic rings. The van der Waals surface area contributed by atoms with E-state index >= 15 is 0 Å². The number of halogens is 1. The SMILES string of the molecule is Cc1ccn(CCCNC(=O)Cn2cc(Cl)cn2)n1. The van der Waals surface area contributed by atoms with E-state index in [0.29, 0.717) is 11.6 Å². The molecule has 2 heterocycles. The van der Waals surface area contributed by atoms with E-state index in [4.69, 9.17) is 11.6 Å². The minimum absolute atomic E-state index is 0.0728. The fourth-order valence-electron chi connectivity index (χ4n) is 1.68. The van der Waals surface area contributed by atoms with Crippen molar-refractivity contribution in [3.8, 4) is 0 Å². The highest BCUT2D eigenvalue weighted by Gasteiger charge is 2.03. The van der Waals surface area contributed by atoms with Crippen molar-refractivity contribution in [1.82, 2.24) is 24.9 Å². The van der Waals surface area contributed by atoms with Gasteiger partial charge in [-0.3, -0.25) is 14.2 Å². The van der Waals surface area contributed by atoms with E-state index in [9.17, 15) is 4.79 Å². The molecule has 0 spiro atoms. The van der Waals surface area contributed by atoms with Crippen molar-refractivity contribution >= 4 is 17.5 Å². The van der Waals surface area contributed by atoms with Gasteiger partial charge in [0.25, 0.3) is 0 Å². The summed E-state index contributed by atoms with van der Waals surface area (Å²) in [5, 5.41) is 11.6. The Morgan fingerprint density at radius 1 is 1.47 bits per heavy atom. The number of amides is 1. The molecule has 0 fully saturated rings. The van der Waals surface area contributed by atoms with E-state index in [1.54, 1.807) is 6.20 Å². The molecule has 2 aromatic rings. The second-order valence-electron chi connectivity index (χ2n) is 4.28. The lowest BCUT2D eigenvalue weighted by Crippen LogP contribution is -2.29. The molecule has 0 aromatic carbocycles. The molecule has 2 aromatic heterocycles. The van der Waals surface area contributed by atoms with Crippen LogP contribution in [0.2, 0.25) is 5.02 Å². The van der Waals surface area contributed by atoms with Gasteiger partial charge in [-0.2, -0.15) is 10.2 Å². The monoisotopic (exact) mass is 281 g/mol. The number of nitrogens with one attached hydrogen (secondary N) is 1. The van der Waals surface area contributed by atoms with Crippen molar-refractivity contribution in [2.24, 2.45) is 0 Å². The molecular weight excluding hydrogens is 266 g/mol. The standard InChI is InChI=1S/C12H16ClN5O/c1-10-3-6-17(16-10)5-2-4-14-12(19)9-18-8-11(13)7-15-18/h3,6-8H,2,4-5,9H2,1H3,(H,14,19). The van der Waals surface area contributed by atoms with Gasteiger partial charge in [0.15, 0.2) is 0 Å². The lowest BCUT2D eigenvalue weighted by molar-refractivity contribution is -0.121. The molecule has 0 saturated carbocycles. The largest absolute Gasteiger partial charge is 0.354 e. The summed E-state index contributed by atoms with van der Waals surface area (Å²) in [4.78, 5) is 11.6. The molecule has 0 atom stereocenters. The van der Waals surface area contributed by atoms with Crippen molar-refractivity contribution in [1.29, 1.82) is 0 Å². The van der Waals surface area contributed by atoms with Crippen LogP contribution in [0, 0.1) is 6.92 Å². The predicted octanol–water partition coefficient (Wildman–Crippen LogP) is 1.25. The maximum Gasteiger partial charge on any atom is 0.241 e. The Balaban J connectivity index is 1.64. The Morgan fingerprint density at radius 3 is 2.95 bits per heavy atom. The number of rotatable bonds is 6. The summed E-state index contributed by atoms with van der Waals surface area (Å²) in [6.45, 7) is 3.55. The summed E-state index contributed by atoms with van der Waals surface area (Å²) in [5.41, 5.74) is 1.000. The first-order valence-electron chi connectivity index (χ1n) is 6.08. The normalized spacial score (nSPS) is 10.6. The van der Waals surface area contributed by atoms with Crippen LogP contribution in [-0.2, 0) is 17.9 Å². The molecule has 7 heteroatoms. The van der Waals surface area contributed by atoms with Gasteiger partial charge in [0.2, 0.25) is 5.91 Å².